The number of pyridine rings is 4. The number of alkyl halides is 3. The third kappa shape index (κ3) is 5.93. The number of aromatic amines is 1. The fourth-order valence-corrected chi connectivity index (χ4v) is 9.14. The van der Waals surface area contributed by atoms with Crippen LogP contribution < -0.4 is 20.7 Å². The van der Waals surface area contributed by atoms with Gasteiger partial charge < -0.3 is 27.8 Å². The Morgan fingerprint density at radius 3 is 1.85 bits per heavy atom. The predicted octanol–water partition coefficient (Wildman–Crippen LogP) is 6.46. The van der Waals surface area contributed by atoms with E-state index in [-0.39, 0.29) is 84.1 Å². The molecule has 4 aliphatic heterocycles. The number of esters is 2. The molecular formula is C44H39F3N4O10S. The molecule has 0 amide bonds. The first-order valence-electron chi connectivity index (χ1n) is 19.3. The van der Waals surface area contributed by atoms with Crippen molar-refractivity contribution in [3.8, 4) is 28.5 Å². The normalized spacial score (nSPS) is 19.4. The third-order valence-corrected chi connectivity index (χ3v) is 13.5. The highest BCUT2D eigenvalue weighted by molar-refractivity contribution is 7.88. The Hall–Kier alpha value is -6.56. The summed E-state index contributed by atoms with van der Waals surface area (Å²) >= 11 is 0. The number of para-hydroxylation sites is 2. The standard InChI is InChI=1S/C22H17F3N2O6S.C21H18N2O4.CH4/c1-3-21(2)14-8-16-17-12(9-27(16)19(28)13(14)10-32-20(21)29)18(33-34(30,31)22(23,24)25)11-6-4-5-7-15(11)26-17;1-3-21(2)14-8-16-17-12(18(24)11-6-4-5-7-15(11)22-17)9-23(16)19(25)13(14)10-27-20(21)26;/h4-8H,3,9-10H2,1-2H3;4-8H,3,9-10H2,1-2H3,(H,22,24);1H4/t2*21-;/m11./s1. The SMILES string of the molecule is C.CC[C@@]1(C)C(=O)OCc2c1cc1n(c2=O)Cc2c-1[nH]c1ccccc1c2=O.CC[C@@]1(C)C(=O)OCc2c1cc1n(c2=O)Cc2c-1nc1ccccc1c2OS(=O)(=O)C(F)(F)F. The van der Waals surface area contributed by atoms with E-state index >= 15 is 0 Å². The van der Waals surface area contributed by atoms with Gasteiger partial charge in [0.05, 0.1) is 63.3 Å². The third-order valence-electron chi connectivity index (χ3n) is 12.6. The molecule has 14 nitrogen and oxygen atoms in total. The minimum absolute atomic E-state index is 0. The molecule has 0 bridgehead atoms. The molecule has 4 aromatic heterocycles. The molecule has 62 heavy (non-hydrogen) atoms. The van der Waals surface area contributed by atoms with Gasteiger partial charge in [-0.15, -0.1) is 0 Å². The van der Waals surface area contributed by atoms with Gasteiger partial charge in [0.1, 0.15) is 13.2 Å². The maximum atomic E-state index is 13.3. The van der Waals surface area contributed by atoms with Gasteiger partial charge >= 0.3 is 27.6 Å². The van der Waals surface area contributed by atoms with Crippen molar-refractivity contribution < 1.29 is 44.8 Å². The van der Waals surface area contributed by atoms with Crippen molar-refractivity contribution in [2.45, 2.75) is 90.6 Å². The number of aromatic nitrogens is 4. The van der Waals surface area contributed by atoms with Gasteiger partial charge in [0, 0.05) is 27.4 Å². The minimum Gasteiger partial charge on any atom is -0.460 e. The number of H-pyrrole nitrogens is 1. The number of hydrogen-bond donors (Lipinski definition) is 1. The van der Waals surface area contributed by atoms with E-state index in [0.29, 0.717) is 51.9 Å². The summed E-state index contributed by atoms with van der Waals surface area (Å²) in [6.07, 6.45) is 0.876. The molecule has 6 aromatic rings. The van der Waals surface area contributed by atoms with Gasteiger partial charge in [0.2, 0.25) is 0 Å². The maximum Gasteiger partial charge on any atom is 0.534 e. The van der Waals surface area contributed by atoms with Crippen LogP contribution in [0.3, 0.4) is 0 Å². The number of fused-ring (bicyclic) bond motifs is 10. The Labute approximate surface area is 351 Å². The highest BCUT2D eigenvalue weighted by atomic mass is 32.2. The van der Waals surface area contributed by atoms with Gasteiger partial charge in [-0.05, 0) is 74.2 Å². The maximum absolute atomic E-state index is 13.3. The number of hydrogen-bond acceptors (Lipinski definition) is 11. The lowest BCUT2D eigenvalue weighted by Gasteiger charge is -2.33. The number of ether oxygens (including phenoxy) is 2. The smallest absolute Gasteiger partial charge is 0.460 e. The van der Waals surface area contributed by atoms with Crippen LogP contribution in [0.4, 0.5) is 13.2 Å². The zero-order valence-corrected chi connectivity index (χ0v) is 33.8. The van der Waals surface area contributed by atoms with Crippen molar-refractivity contribution in [2.75, 3.05) is 0 Å². The molecule has 10 rings (SSSR count). The number of halogens is 3. The van der Waals surface area contributed by atoms with Crippen molar-refractivity contribution in [1.29, 1.82) is 0 Å². The molecule has 1 N–H and O–H groups in total. The number of nitrogens with zero attached hydrogens (tertiary/aromatic N) is 3. The van der Waals surface area contributed by atoms with Crippen LogP contribution in [0.15, 0.2) is 75.0 Å². The van der Waals surface area contributed by atoms with Crippen molar-refractivity contribution in [3.63, 3.8) is 0 Å². The summed E-state index contributed by atoms with van der Waals surface area (Å²) in [5.74, 6) is -1.34. The van der Waals surface area contributed by atoms with Crippen LogP contribution in [0, 0.1) is 0 Å². The highest BCUT2D eigenvalue weighted by Crippen LogP contribution is 2.45. The number of benzene rings is 2. The Morgan fingerprint density at radius 1 is 0.758 bits per heavy atom. The monoisotopic (exact) mass is 872 g/mol. The van der Waals surface area contributed by atoms with E-state index in [2.05, 4.69) is 14.2 Å². The lowest BCUT2D eigenvalue weighted by atomic mass is 9.76. The average molecular weight is 873 g/mol. The second-order valence-corrected chi connectivity index (χ2v) is 17.3. The molecule has 4 aliphatic rings. The van der Waals surface area contributed by atoms with Gasteiger partial charge in [0.25, 0.3) is 11.1 Å². The number of nitrogens with one attached hydrogen (secondary N) is 1. The Morgan fingerprint density at radius 2 is 1.27 bits per heavy atom. The first kappa shape index (κ1) is 42.1. The largest absolute Gasteiger partial charge is 0.534 e. The van der Waals surface area contributed by atoms with Crippen molar-refractivity contribution >= 4 is 43.9 Å². The second-order valence-electron chi connectivity index (χ2n) is 15.8. The van der Waals surface area contributed by atoms with Gasteiger partial charge in [-0.3, -0.25) is 24.0 Å². The topological polar surface area (TPSA) is 186 Å². The zero-order valence-electron chi connectivity index (χ0n) is 33.0. The summed E-state index contributed by atoms with van der Waals surface area (Å²) in [5, 5.41) is 0.662. The van der Waals surface area contributed by atoms with Crippen LogP contribution in [0.1, 0.15) is 81.3 Å². The molecule has 18 heteroatoms. The summed E-state index contributed by atoms with van der Waals surface area (Å²) in [6.45, 7) is 6.86. The van der Waals surface area contributed by atoms with E-state index in [9.17, 15) is 45.6 Å². The summed E-state index contributed by atoms with van der Waals surface area (Å²) in [4.78, 5) is 72.2. The van der Waals surface area contributed by atoms with Gasteiger partial charge in [0.15, 0.2) is 11.2 Å². The van der Waals surface area contributed by atoms with E-state index in [1.165, 1.54) is 22.8 Å². The van der Waals surface area contributed by atoms with E-state index in [1.54, 1.807) is 36.6 Å². The molecule has 0 saturated carbocycles. The van der Waals surface area contributed by atoms with E-state index in [4.69, 9.17) is 9.47 Å². The number of carbonyl (C=O) groups is 2. The van der Waals surface area contributed by atoms with Gasteiger partial charge in [-0.2, -0.15) is 21.6 Å². The first-order valence-corrected chi connectivity index (χ1v) is 20.7. The van der Waals surface area contributed by atoms with E-state index in [1.807, 2.05) is 38.1 Å². The Balaban J connectivity index is 0.000000172. The predicted molar refractivity (Wildman–Crippen MR) is 221 cm³/mol. The molecule has 8 heterocycles. The highest BCUT2D eigenvalue weighted by Gasteiger charge is 2.50. The summed E-state index contributed by atoms with van der Waals surface area (Å²) in [6, 6.07) is 16.8. The minimum atomic E-state index is -5.99. The molecule has 2 aromatic carbocycles. The van der Waals surface area contributed by atoms with Crippen LogP contribution in [0.5, 0.6) is 5.75 Å². The Kier molecular flexibility index (Phi) is 9.69. The molecule has 0 aliphatic carbocycles. The Bertz CT molecular complexity index is 3260. The summed E-state index contributed by atoms with van der Waals surface area (Å²) < 4.78 is 81.2. The van der Waals surface area contributed by atoms with E-state index < -0.39 is 43.7 Å². The quantitative estimate of drug-likeness (QED) is 0.116. The van der Waals surface area contributed by atoms with Crippen molar-refractivity contribution in [3.05, 3.63) is 125 Å². The van der Waals surface area contributed by atoms with Gasteiger partial charge in [-0.1, -0.05) is 45.5 Å². The fraction of sp³-hybridized carbons (Fsp3) is 0.318. The second kappa shape index (κ2) is 14.3. The van der Waals surface area contributed by atoms with Crippen LogP contribution >= 0.6 is 0 Å². The van der Waals surface area contributed by atoms with Gasteiger partial charge in [-0.25, -0.2) is 4.98 Å². The lowest BCUT2D eigenvalue weighted by Crippen LogP contribution is -2.42. The summed E-state index contributed by atoms with van der Waals surface area (Å²) in [5.41, 5.74) is -3.20. The average Bonchev–Trinajstić information content (AvgIpc) is 3.80. The van der Waals surface area contributed by atoms with E-state index in [0.717, 1.165) is 5.52 Å². The fourth-order valence-electron chi connectivity index (χ4n) is 8.64. The molecule has 0 saturated heterocycles. The molecule has 0 fully saturated rings. The lowest BCUT2D eigenvalue weighted by molar-refractivity contribution is -0.154. The number of cyclic esters (lactones) is 2. The molecule has 0 spiro atoms. The van der Waals surface area contributed by atoms with Crippen LogP contribution in [0.25, 0.3) is 44.6 Å². The molecule has 0 unspecified atom stereocenters. The van der Waals surface area contributed by atoms with Crippen LogP contribution in [-0.2, 0) is 66.3 Å². The van der Waals surface area contributed by atoms with Crippen molar-refractivity contribution in [1.82, 2.24) is 19.1 Å². The molecule has 0 radical (unpaired) electrons. The molecule has 322 valence electrons. The number of rotatable bonds is 4. The molecular weight excluding hydrogens is 834 g/mol. The van der Waals surface area contributed by atoms with Crippen LogP contribution in [-0.4, -0.2) is 45.0 Å². The van der Waals surface area contributed by atoms with Crippen molar-refractivity contribution in [2.24, 2.45) is 0 Å². The summed E-state index contributed by atoms with van der Waals surface area (Å²) in [7, 11) is -5.99. The first-order chi connectivity index (χ1) is 28.8. The zero-order chi connectivity index (χ0) is 43.6. The van der Waals surface area contributed by atoms with Crippen LogP contribution in [0.2, 0.25) is 0 Å². The molecule has 2 atom stereocenters. The number of carbonyl (C=O) groups excluding carboxylic acids is 2.